The number of aliphatic hydroxyl groups excluding tert-OH is 1. The lowest BCUT2D eigenvalue weighted by Crippen LogP contribution is -2.16. The molecule has 0 bridgehead atoms. The van der Waals surface area contributed by atoms with Crippen molar-refractivity contribution in [3.05, 3.63) is 54.1 Å². The van der Waals surface area contributed by atoms with Gasteiger partial charge in [0.2, 0.25) is 5.91 Å². The molecular formula is C17H18N4O4S. The molecule has 0 aliphatic carbocycles. The van der Waals surface area contributed by atoms with Crippen LogP contribution >= 0.6 is 0 Å². The number of hydrogen-bond donors (Lipinski definition) is 2. The van der Waals surface area contributed by atoms with Gasteiger partial charge in [0.1, 0.15) is 6.04 Å². The molecule has 9 heteroatoms. The first kappa shape index (κ1) is 18.0. The largest absolute Gasteiger partial charge is 0.394 e. The predicted molar refractivity (Wildman–Crippen MR) is 95.4 cm³/mol. The van der Waals surface area contributed by atoms with Crippen molar-refractivity contribution < 1.29 is 18.3 Å². The van der Waals surface area contributed by atoms with Gasteiger partial charge in [-0.25, -0.2) is 13.4 Å². The van der Waals surface area contributed by atoms with Crippen LogP contribution in [0.5, 0.6) is 0 Å². The van der Waals surface area contributed by atoms with Crippen LogP contribution < -0.4 is 5.73 Å². The van der Waals surface area contributed by atoms with Gasteiger partial charge in [0.25, 0.3) is 0 Å². The van der Waals surface area contributed by atoms with Gasteiger partial charge in [-0.15, -0.1) is 0 Å². The smallest absolute Gasteiger partial charge is 0.248 e. The molecule has 2 aromatic heterocycles. The van der Waals surface area contributed by atoms with E-state index in [1.807, 2.05) is 0 Å². The average Bonchev–Trinajstić information content (AvgIpc) is 3.06. The number of imidazole rings is 1. The van der Waals surface area contributed by atoms with Crippen molar-refractivity contribution in [3.63, 3.8) is 0 Å². The van der Waals surface area contributed by atoms with E-state index in [0.29, 0.717) is 22.3 Å². The van der Waals surface area contributed by atoms with Gasteiger partial charge >= 0.3 is 0 Å². The number of benzene rings is 1. The third kappa shape index (κ3) is 3.18. The van der Waals surface area contributed by atoms with E-state index < -0.39 is 21.8 Å². The molecule has 1 amide bonds. The van der Waals surface area contributed by atoms with Crippen molar-refractivity contribution in [2.45, 2.75) is 17.9 Å². The normalized spacial score (nSPS) is 13.0. The van der Waals surface area contributed by atoms with E-state index in [9.17, 15) is 18.3 Å². The molecule has 0 aliphatic rings. The summed E-state index contributed by atoms with van der Waals surface area (Å²) in [6.07, 6.45) is 2.83. The quantitative estimate of drug-likeness (QED) is 0.660. The van der Waals surface area contributed by atoms with Crippen LogP contribution in [0.25, 0.3) is 11.0 Å². The van der Waals surface area contributed by atoms with Crippen molar-refractivity contribution in [3.8, 4) is 0 Å². The number of nitrogens with zero attached hydrogens (tertiary/aromatic N) is 3. The SMILES string of the molecule is CCS(=O)(=O)c1ccc(C(CO)n2cnc3cc(C(N)=O)ccc32)nc1. The molecule has 1 atom stereocenters. The Morgan fingerprint density at radius 1 is 1.27 bits per heavy atom. The third-order valence-electron chi connectivity index (χ3n) is 4.21. The Labute approximate surface area is 150 Å². The molecule has 26 heavy (non-hydrogen) atoms. The number of carbonyl (C=O) groups is 1. The molecule has 1 aromatic carbocycles. The Balaban J connectivity index is 2.01. The fraction of sp³-hybridized carbons (Fsp3) is 0.235. The van der Waals surface area contributed by atoms with E-state index in [1.54, 1.807) is 35.8 Å². The molecule has 136 valence electrons. The van der Waals surface area contributed by atoms with Crippen molar-refractivity contribution in [2.24, 2.45) is 5.73 Å². The first-order valence-electron chi connectivity index (χ1n) is 7.93. The molecule has 2 heterocycles. The number of sulfone groups is 1. The molecule has 0 aliphatic heterocycles. The molecule has 3 aromatic rings. The highest BCUT2D eigenvalue weighted by molar-refractivity contribution is 7.91. The highest BCUT2D eigenvalue weighted by Crippen LogP contribution is 2.24. The molecule has 0 saturated carbocycles. The second-order valence-electron chi connectivity index (χ2n) is 5.74. The standard InChI is InChI=1S/C17H18N4O4S/c1-2-26(24,25)12-4-5-13(19-8-12)16(9-22)21-10-20-14-7-11(17(18)23)3-6-15(14)21/h3-8,10,16,22H,2,9H2,1H3,(H2,18,23). The summed E-state index contributed by atoms with van der Waals surface area (Å²) in [5.41, 5.74) is 7.38. The first-order chi connectivity index (χ1) is 12.4. The summed E-state index contributed by atoms with van der Waals surface area (Å²) in [5, 5.41) is 9.85. The molecule has 3 rings (SSSR count). The average molecular weight is 374 g/mol. The number of fused-ring (bicyclic) bond motifs is 1. The van der Waals surface area contributed by atoms with Crippen LogP contribution in [0, 0.1) is 0 Å². The minimum absolute atomic E-state index is 0.00813. The summed E-state index contributed by atoms with van der Waals surface area (Å²) in [7, 11) is -3.34. The first-order valence-corrected chi connectivity index (χ1v) is 9.58. The fourth-order valence-corrected chi connectivity index (χ4v) is 3.52. The Morgan fingerprint density at radius 3 is 2.62 bits per heavy atom. The Hall–Kier alpha value is -2.78. The van der Waals surface area contributed by atoms with Gasteiger partial charge < -0.3 is 15.4 Å². The third-order valence-corrected chi connectivity index (χ3v) is 5.93. The number of hydrogen-bond acceptors (Lipinski definition) is 6. The van der Waals surface area contributed by atoms with Gasteiger partial charge in [0.05, 0.1) is 40.3 Å². The maximum absolute atomic E-state index is 11.9. The summed E-state index contributed by atoms with van der Waals surface area (Å²) >= 11 is 0. The summed E-state index contributed by atoms with van der Waals surface area (Å²) in [6, 6.07) is 7.37. The molecule has 8 nitrogen and oxygen atoms in total. The zero-order valence-corrected chi connectivity index (χ0v) is 14.8. The lowest BCUT2D eigenvalue weighted by molar-refractivity contribution is 0.100. The monoisotopic (exact) mass is 374 g/mol. The molecule has 1 unspecified atom stereocenters. The fourth-order valence-electron chi connectivity index (χ4n) is 2.70. The lowest BCUT2D eigenvalue weighted by Gasteiger charge is -2.17. The number of pyridine rings is 1. The highest BCUT2D eigenvalue weighted by Gasteiger charge is 2.19. The van der Waals surface area contributed by atoms with Crippen LogP contribution in [0.2, 0.25) is 0 Å². The number of amides is 1. The number of primary amides is 1. The maximum atomic E-state index is 11.9. The van der Waals surface area contributed by atoms with E-state index >= 15 is 0 Å². The van der Waals surface area contributed by atoms with E-state index in [1.165, 1.54) is 18.6 Å². The van der Waals surface area contributed by atoms with Gasteiger partial charge in [0, 0.05) is 11.8 Å². The molecule has 0 saturated heterocycles. The predicted octanol–water partition coefficient (Wildman–Crippen LogP) is 0.905. The van der Waals surface area contributed by atoms with E-state index in [4.69, 9.17) is 5.73 Å². The van der Waals surface area contributed by atoms with Crippen LogP contribution in [-0.4, -0.2) is 46.3 Å². The zero-order valence-electron chi connectivity index (χ0n) is 14.0. The van der Waals surface area contributed by atoms with E-state index in [2.05, 4.69) is 9.97 Å². The molecule has 3 N–H and O–H groups in total. The minimum atomic E-state index is -3.34. The molecular weight excluding hydrogens is 356 g/mol. The van der Waals surface area contributed by atoms with Gasteiger partial charge in [-0.2, -0.15) is 0 Å². The maximum Gasteiger partial charge on any atom is 0.248 e. The van der Waals surface area contributed by atoms with Crippen LogP contribution in [0.15, 0.2) is 47.8 Å². The van der Waals surface area contributed by atoms with Gasteiger partial charge in [-0.3, -0.25) is 9.78 Å². The van der Waals surface area contributed by atoms with Crippen molar-refractivity contribution in [1.29, 1.82) is 0 Å². The van der Waals surface area contributed by atoms with Crippen LogP contribution in [-0.2, 0) is 9.84 Å². The van der Waals surface area contributed by atoms with Crippen molar-refractivity contribution in [1.82, 2.24) is 14.5 Å². The highest BCUT2D eigenvalue weighted by atomic mass is 32.2. The second-order valence-corrected chi connectivity index (χ2v) is 8.02. The number of carbonyl (C=O) groups excluding carboxylic acids is 1. The summed E-state index contributed by atoms with van der Waals surface area (Å²) in [6.45, 7) is 1.31. The lowest BCUT2D eigenvalue weighted by atomic mass is 10.1. The van der Waals surface area contributed by atoms with Crippen molar-refractivity contribution >= 4 is 26.8 Å². The Bertz CT molecular complexity index is 1060. The summed E-state index contributed by atoms with van der Waals surface area (Å²) in [4.78, 5) is 19.9. The van der Waals surface area contributed by atoms with Crippen LogP contribution in [0.1, 0.15) is 29.0 Å². The van der Waals surface area contributed by atoms with Crippen LogP contribution in [0.3, 0.4) is 0 Å². The van der Waals surface area contributed by atoms with Gasteiger partial charge in [-0.1, -0.05) is 6.92 Å². The van der Waals surface area contributed by atoms with E-state index in [-0.39, 0.29) is 17.3 Å². The minimum Gasteiger partial charge on any atom is -0.394 e. The topological polar surface area (TPSA) is 128 Å². The van der Waals surface area contributed by atoms with E-state index in [0.717, 1.165) is 0 Å². The van der Waals surface area contributed by atoms with Crippen molar-refractivity contribution in [2.75, 3.05) is 12.4 Å². The van der Waals surface area contributed by atoms with Crippen LogP contribution in [0.4, 0.5) is 0 Å². The summed E-state index contributed by atoms with van der Waals surface area (Å²) in [5.74, 6) is -0.555. The second kappa shape index (κ2) is 6.85. The molecule has 0 spiro atoms. The number of aromatic nitrogens is 3. The Kier molecular flexibility index (Phi) is 4.75. The zero-order chi connectivity index (χ0) is 18.9. The molecule has 0 radical (unpaired) electrons. The number of aliphatic hydroxyl groups is 1. The molecule has 0 fully saturated rings. The number of nitrogens with two attached hydrogens (primary N) is 1. The number of rotatable bonds is 6. The van der Waals surface area contributed by atoms with Gasteiger partial charge in [0.15, 0.2) is 9.84 Å². The Morgan fingerprint density at radius 2 is 2.04 bits per heavy atom. The van der Waals surface area contributed by atoms with Gasteiger partial charge in [-0.05, 0) is 30.3 Å². The summed E-state index contributed by atoms with van der Waals surface area (Å²) < 4.78 is 25.5.